The number of hydrogen-bond donors (Lipinski definition) is 1. The smallest absolute Gasteiger partial charge is 0.150 e. The number of nitrogens with zero attached hydrogens (tertiary/aromatic N) is 1. The van der Waals surface area contributed by atoms with E-state index < -0.39 is 0 Å². The molecule has 0 saturated heterocycles. The minimum Gasteiger partial charge on any atom is -0.360 e. The van der Waals surface area contributed by atoms with Crippen LogP contribution in [0.5, 0.6) is 0 Å². The molecule has 3 heteroatoms. The van der Waals surface area contributed by atoms with E-state index in [1.807, 2.05) is 6.07 Å². The third-order valence-corrected chi connectivity index (χ3v) is 5.23. The van der Waals surface area contributed by atoms with Crippen molar-refractivity contribution in [2.75, 3.05) is 0 Å². The minimum absolute atomic E-state index is 0.743. The Labute approximate surface area is 102 Å². The fraction of sp³-hybridized carbons (Fsp3) is 0.786. The molecule has 0 spiro atoms. The first-order chi connectivity index (χ1) is 8.38. The summed E-state index contributed by atoms with van der Waals surface area (Å²) in [7, 11) is 0. The summed E-state index contributed by atoms with van der Waals surface area (Å²) in [6, 6.07) is 2.70. The lowest BCUT2D eigenvalue weighted by molar-refractivity contribution is -0.0149. The molecule has 4 aliphatic carbocycles. The Bertz CT molecular complexity index is 359. The largest absolute Gasteiger partial charge is 0.360 e. The maximum Gasteiger partial charge on any atom is 0.150 e. The van der Waals surface area contributed by atoms with E-state index in [2.05, 4.69) is 10.5 Å². The van der Waals surface area contributed by atoms with Crippen LogP contribution in [0.3, 0.4) is 0 Å². The Hall–Kier alpha value is -0.830. The van der Waals surface area contributed by atoms with Gasteiger partial charge in [0, 0.05) is 12.1 Å². The van der Waals surface area contributed by atoms with Gasteiger partial charge < -0.3 is 9.84 Å². The molecule has 0 radical (unpaired) electrons. The zero-order valence-corrected chi connectivity index (χ0v) is 10.1. The van der Waals surface area contributed by atoms with Crippen molar-refractivity contribution in [1.82, 2.24) is 10.5 Å². The molecule has 92 valence electrons. The van der Waals surface area contributed by atoms with Gasteiger partial charge in [0.1, 0.15) is 5.76 Å². The first kappa shape index (κ1) is 10.1. The predicted molar refractivity (Wildman–Crippen MR) is 64.2 cm³/mol. The van der Waals surface area contributed by atoms with E-state index in [0.717, 1.165) is 42.0 Å². The summed E-state index contributed by atoms with van der Waals surface area (Å²) in [4.78, 5) is 0. The second-order valence-corrected chi connectivity index (χ2v) is 6.32. The zero-order valence-electron chi connectivity index (χ0n) is 10.1. The van der Waals surface area contributed by atoms with E-state index in [4.69, 9.17) is 4.52 Å². The van der Waals surface area contributed by atoms with E-state index in [1.54, 1.807) is 6.20 Å². The standard InChI is InChI=1S/C14H20N2O/c1-2-16-17-13(1)8-15-14-11-4-9-3-10(6-11)7-12(14)5-9/h1-2,9-12,14-15H,3-8H2. The van der Waals surface area contributed by atoms with Gasteiger partial charge in [-0.2, -0.15) is 0 Å². The Morgan fingerprint density at radius 3 is 2.41 bits per heavy atom. The van der Waals surface area contributed by atoms with Gasteiger partial charge in [-0.1, -0.05) is 5.16 Å². The van der Waals surface area contributed by atoms with E-state index in [-0.39, 0.29) is 0 Å². The van der Waals surface area contributed by atoms with E-state index >= 15 is 0 Å². The molecule has 4 bridgehead atoms. The van der Waals surface area contributed by atoms with Gasteiger partial charge in [0.15, 0.2) is 0 Å². The molecule has 4 saturated carbocycles. The highest BCUT2D eigenvalue weighted by molar-refractivity contribution is 5.02. The van der Waals surface area contributed by atoms with Gasteiger partial charge in [0.2, 0.25) is 0 Å². The monoisotopic (exact) mass is 232 g/mol. The molecule has 17 heavy (non-hydrogen) atoms. The van der Waals surface area contributed by atoms with Gasteiger partial charge in [-0.05, 0) is 55.8 Å². The summed E-state index contributed by atoms with van der Waals surface area (Å²) >= 11 is 0. The predicted octanol–water partition coefficient (Wildman–Crippen LogP) is 2.59. The molecule has 3 nitrogen and oxygen atoms in total. The molecule has 1 heterocycles. The van der Waals surface area contributed by atoms with Gasteiger partial charge >= 0.3 is 0 Å². The summed E-state index contributed by atoms with van der Waals surface area (Å²) in [6.45, 7) is 0.854. The zero-order chi connectivity index (χ0) is 11.2. The van der Waals surface area contributed by atoms with Crippen LogP contribution in [0.15, 0.2) is 16.8 Å². The van der Waals surface area contributed by atoms with Crippen LogP contribution in [0.4, 0.5) is 0 Å². The number of hydrogen-bond acceptors (Lipinski definition) is 3. The van der Waals surface area contributed by atoms with Crippen LogP contribution < -0.4 is 5.32 Å². The molecule has 1 aromatic heterocycles. The van der Waals surface area contributed by atoms with Gasteiger partial charge in [-0.15, -0.1) is 0 Å². The molecule has 1 aromatic rings. The molecule has 0 aliphatic heterocycles. The Morgan fingerprint density at radius 2 is 1.82 bits per heavy atom. The van der Waals surface area contributed by atoms with Gasteiger partial charge in [0.25, 0.3) is 0 Å². The quantitative estimate of drug-likeness (QED) is 0.870. The van der Waals surface area contributed by atoms with Gasteiger partial charge in [-0.25, -0.2) is 0 Å². The molecular formula is C14H20N2O. The van der Waals surface area contributed by atoms with Crippen molar-refractivity contribution in [3.05, 3.63) is 18.0 Å². The van der Waals surface area contributed by atoms with Crippen molar-refractivity contribution in [3.8, 4) is 0 Å². The van der Waals surface area contributed by atoms with E-state index in [0.29, 0.717) is 0 Å². The molecule has 0 atom stereocenters. The first-order valence-corrected chi connectivity index (χ1v) is 7.01. The fourth-order valence-corrected chi connectivity index (χ4v) is 4.81. The van der Waals surface area contributed by atoms with Crippen molar-refractivity contribution >= 4 is 0 Å². The highest BCUT2D eigenvalue weighted by Crippen LogP contribution is 2.53. The van der Waals surface area contributed by atoms with Crippen LogP contribution in [0.1, 0.15) is 37.9 Å². The number of nitrogens with one attached hydrogen (secondary N) is 1. The lowest BCUT2D eigenvalue weighted by Crippen LogP contribution is -2.54. The molecule has 5 rings (SSSR count). The Kier molecular flexibility index (Phi) is 2.29. The molecule has 4 aliphatic rings. The van der Waals surface area contributed by atoms with Crippen LogP contribution in [0.2, 0.25) is 0 Å². The second kappa shape index (κ2) is 3.84. The maximum absolute atomic E-state index is 5.16. The average molecular weight is 232 g/mol. The van der Waals surface area contributed by atoms with Crippen LogP contribution in [0, 0.1) is 23.7 Å². The SMILES string of the molecule is c1cc(CNC2C3CC4CC(C3)CC2C4)on1. The fourth-order valence-electron chi connectivity index (χ4n) is 4.81. The van der Waals surface area contributed by atoms with Crippen molar-refractivity contribution in [2.24, 2.45) is 23.7 Å². The number of rotatable bonds is 3. The van der Waals surface area contributed by atoms with Crippen molar-refractivity contribution in [1.29, 1.82) is 0 Å². The molecular weight excluding hydrogens is 212 g/mol. The Morgan fingerprint density at radius 1 is 1.12 bits per heavy atom. The van der Waals surface area contributed by atoms with Crippen molar-refractivity contribution in [2.45, 2.75) is 44.7 Å². The van der Waals surface area contributed by atoms with Gasteiger partial charge in [0.05, 0.1) is 12.7 Å². The van der Waals surface area contributed by atoms with Crippen LogP contribution in [0.25, 0.3) is 0 Å². The average Bonchev–Trinajstić information content (AvgIpc) is 2.80. The summed E-state index contributed by atoms with van der Waals surface area (Å²) in [5.41, 5.74) is 0. The molecule has 0 unspecified atom stereocenters. The van der Waals surface area contributed by atoms with Crippen molar-refractivity contribution in [3.63, 3.8) is 0 Å². The summed E-state index contributed by atoms with van der Waals surface area (Å²) in [5, 5.41) is 7.50. The first-order valence-electron chi connectivity index (χ1n) is 7.01. The van der Waals surface area contributed by atoms with E-state index in [9.17, 15) is 0 Å². The third-order valence-electron chi connectivity index (χ3n) is 5.23. The number of aromatic nitrogens is 1. The third kappa shape index (κ3) is 1.71. The normalized spacial score (nSPS) is 43.2. The molecule has 4 fully saturated rings. The summed E-state index contributed by atoms with van der Waals surface area (Å²) < 4.78 is 5.16. The molecule has 1 N–H and O–H groups in total. The molecule has 0 aromatic carbocycles. The topological polar surface area (TPSA) is 38.1 Å². The minimum atomic E-state index is 0.743. The lowest BCUT2D eigenvalue weighted by atomic mass is 9.54. The summed E-state index contributed by atoms with van der Waals surface area (Å²) in [6.07, 6.45) is 9.15. The molecule has 0 amide bonds. The van der Waals surface area contributed by atoms with Crippen LogP contribution in [-0.2, 0) is 6.54 Å². The highest BCUT2D eigenvalue weighted by Gasteiger charge is 2.47. The van der Waals surface area contributed by atoms with Gasteiger partial charge in [-0.3, -0.25) is 0 Å². The van der Waals surface area contributed by atoms with Crippen LogP contribution >= 0.6 is 0 Å². The maximum atomic E-state index is 5.16. The highest BCUT2D eigenvalue weighted by atomic mass is 16.5. The van der Waals surface area contributed by atoms with Crippen molar-refractivity contribution < 1.29 is 4.52 Å². The summed E-state index contributed by atoms with van der Waals surface area (Å²) in [5.74, 6) is 4.96. The second-order valence-electron chi connectivity index (χ2n) is 6.32. The van der Waals surface area contributed by atoms with E-state index in [1.165, 1.54) is 32.1 Å². The van der Waals surface area contributed by atoms with Crippen LogP contribution in [-0.4, -0.2) is 11.2 Å². The lowest BCUT2D eigenvalue weighted by Gasteiger charge is -2.54. The Balaban J connectivity index is 1.44.